The molecule has 0 unspecified atom stereocenters. The Morgan fingerprint density at radius 1 is 1.33 bits per heavy atom. The maximum Gasteiger partial charge on any atom is 0.323 e. The maximum absolute atomic E-state index is 12.2. The Kier molecular flexibility index (Phi) is 4.50. The van der Waals surface area contributed by atoms with Crippen molar-refractivity contribution in [2.45, 2.75) is 31.6 Å². The molecule has 2 amide bonds. The molecule has 1 aliphatic rings. The van der Waals surface area contributed by atoms with Crippen LogP contribution in [0.2, 0.25) is 0 Å². The van der Waals surface area contributed by atoms with E-state index in [1.807, 2.05) is 13.1 Å². The summed E-state index contributed by atoms with van der Waals surface area (Å²) in [5.74, 6) is -0.392. The summed E-state index contributed by atoms with van der Waals surface area (Å²) in [5.41, 5.74) is 3.17. The van der Waals surface area contributed by atoms with Crippen LogP contribution >= 0.6 is 0 Å². The molecule has 1 aromatic heterocycles. The molecule has 1 aliphatic carbocycles. The van der Waals surface area contributed by atoms with Crippen molar-refractivity contribution < 1.29 is 14.7 Å². The zero-order chi connectivity index (χ0) is 17.1. The van der Waals surface area contributed by atoms with Crippen molar-refractivity contribution in [3.05, 3.63) is 41.7 Å². The van der Waals surface area contributed by atoms with Gasteiger partial charge in [-0.25, -0.2) is 4.79 Å². The van der Waals surface area contributed by atoms with Crippen molar-refractivity contribution >= 4 is 23.4 Å². The van der Waals surface area contributed by atoms with Gasteiger partial charge in [0, 0.05) is 31.3 Å². The number of carbonyl (C=O) groups is 2. The van der Waals surface area contributed by atoms with Crippen LogP contribution in [0.1, 0.15) is 36.4 Å². The van der Waals surface area contributed by atoms with Gasteiger partial charge in [0.15, 0.2) is 0 Å². The van der Waals surface area contributed by atoms with Crippen LogP contribution in [0.3, 0.4) is 0 Å². The minimum atomic E-state index is -0.838. The van der Waals surface area contributed by atoms with Crippen molar-refractivity contribution in [2.24, 2.45) is 7.05 Å². The first kappa shape index (κ1) is 16.0. The molecule has 7 heteroatoms. The monoisotopic (exact) mass is 328 g/mol. The van der Waals surface area contributed by atoms with Crippen LogP contribution in [-0.4, -0.2) is 26.9 Å². The molecule has 0 radical (unpaired) electrons. The molecule has 1 saturated carbocycles. The third-order valence-electron chi connectivity index (χ3n) is 3.88. The minimum absolute atomic E-state index is 0.0656. The lowest BCUT2D eigenvalue weighted by molar-refractivity contribution is -0.136. The van der Waals surface area contributed by atoms with Gasteiger partial charge in [-0.1, -0.05) is 12.1 Å². The average molecular weight is 328 g/mol. The third-order valence-corrected chi connectivity index (χ3v) is 3.88. The predicted octanol–water partition coefficient (Wildman–Crippen LogP) is 2.96. The summed E-state index contributed by atoms with van der Waals surface area (Å²) in [7, 11) is 1.83. The van der Waals surface area contributed by atoms with E-state index in [1.54, 1.807) is 29.1 Å². The number of carboxylic acids is 1. The molecule has 0 atom stereocenters. The van der Waals surface area contributed by atoms with Gasteiger partial charge in [0.05, 0.1) is 11.4 Å². The molecule has 0 spiro atoms. The molecule has 7 nitrogen and oxygen atoms in total. The minimum Gasteiger partial charge on any atom is -0.481 e. The highest BCUT2D eigenvalue weighted by molar-refractivity contribution is 6.00. The second-order valence-corrected chi connectivity index (χ2v) is 6.05. The molecule has 3 rings (SSSR count). The molecule has 1 heterocycles. The Labute approximate surface area is 139 Å². The van der Waals surface area contributed by atoms with Gasteiger partial charge in [0.25, 0.3) is 0 Å². The van der Waals surface area contributed by atoms with Crippen molar-refractivity contribution in [1.82, 2.24) is 9.78 Å². The Hall–Kier alpha value is -2.83. The smallest absolute Gasteiger partial charge is 0.323 e. The first-order chi connectivity index (χ1) is 11.5. The molecular formula is C17H20N4O3. The SMILES string of the molecule is Cn1cc(NC(=O)Nc2cccc(CCC(=O)O)c2)c(C2CC2)n1. The highest BCUT2D eigenvalue weighted by Gasteiger charge is 2.29. The highest BCUT2D eigenvalue weighted by Crippen LogP contribution is 2.42. The van der Waals surface area contributed by atoms with E-state index in [-0.39, 0.29) is 12.5 Å². The molecule has 3 N–H and O–H groups in total. The second kappa shape index (κ2) is 6.74. The van der Waals surface area contributed by atoms with Gasteiger partial charge >= 0.3 is 12.0 Å². The number of hydrogen-bond donors (Lipinski definition) is 3. The van der Waals surface area contributed by atoms with Gasteiger partial charge in [0.2, 0.25) is 0 Å². The van der Waals surface area contributed by atoms with Crippen LogP contribution in [-0.2, 0) is 18.3 Å². The number of aryl methyl sites for hydroxylation is 2. The van der Waals surface area contributed by atoms with E-state index in [0.29, 0.717) is 18.0 Å². The van der Waals surface area contributed by atoms with E-state index in [2.05, 4.69) is 15.7 Å². The zero-order valence-electron chi connectivity index (χ0n) is 13.5. The Morgan fingerprint density at radius 2 is 2.12 bits per heavy atom. The zero-order valence-corrected chi connectivity index (χ0v) is 13.5. The Bertz CT molecular complexity index is 765. The fourth-order valence-electron chi connectivity index (χ4n) is 2.60. The number of hydrogen-bond acceptors (Lipinski definition) is 3. The topological polar surface area (TPSA) is 96.2 Å². The van der Waals surface area contributed by atoms with Crippen molar-refractivity contribution in [3.8, 4) is 0 Å². The number of carboxylic acid groups (broad SMARTS) is 1. The number of urea groups is 1. The quantitative estimate of drug-likeness (QED) is 0.759. The molecule has 1 fully saturated rings. The van der Waals surface area contributed by atoms with Crippen molar-refractivity contribution in [2.75, 3.05) is 10.6 Å². The van der Waals surface area contributed by atoms with Gasteiger partial charge in [0.1, 0.15) is 0 Å². The number of aliphatic carboxylic acids is 1. The van der Waals surface area contributed by atoms with Crippen LogP contribution < -0.4 is 10.6 Å². The van der Waals surface area contributed by atoms with Gasteiger partial charge in [-0.2, -0.15) is 5.10 Å². The maximum atomic E-state index is 12.2. The number of nitrogens with zero attached hydrogens (tertiary/aromatic N) is 2. The Morgan fingerprint density at radius 3 is 2.83 bits per heavy atom. The van der Waals surface area contributed by atoms with E-state index >= 15 is 0 Å². The molecule has 0 saturated heterocycles. The van der Waals surface area contributed by atoms with Crippen LogP contribution in [0.4, 0.5) is 16.2 Å². The number of amides is 2. The summed E-state index contributed by atoms with van der Waals surface area (Å²) < 4.78 is 1.70. The summed E-state index contributed by atoms with van der Waals surface area (Å²) in [4.78, 5) is 22.9. The molecule has 0 bridgehead atoms. The molecule has 0 aliphatic heterocycles. The van der Waals surface area contributed by atoms with E-state index < -0.39 is 5.97 Å². The van der Waals surface area contributed by atoms with E-state index in [9.17, 15) is 9.59 Å². The number of carbonyl (C=O) groups excluding carboxylic acids is 1. The standard InChI is InChI=1S/C17H20N4O3/c1-21-10-14(16(20-21)12-6-7-12)19-17(24)18-13-4-2-3-11(9-13)5-8-15(22)23/h2-4,9-10,12H,5-8H2,1H3,(H,22,23)(H2,18,19,24). The molecular weight excluding hydrogens is 308 g/mol. The summed E-state index contributed by atoms with van der Waals surface area (Å²) in [5, 5.41) is 18.8. The number of benzene rings is 1. The van der Waals surface area contributed by atoms with Crippen molar-refractivity contribution in [3.63, 3.8) is 0 Å². The van der Waals surface area contributed by atoms with E-state index in [4.69, 9.17) is 5.11 Å². The van der Waals surface area contributed by atoms with Gasteiger partial charge < -0.3 is 15.7 Å². The summed E-state index contributed by atoms with van der Waals surface area (Å²) in [6, 6.07) is 6.87. The van der Waals surface area contributed by atoms with Crippen LogP contribution in [0.15, 0.2) is 30.5 Å². The lowest BCUT2D eigenvalue weighted by Gasteiger charge is -2.08. The summed E-state index contributed by atoms with van der Waals surface area (Å²) >= 11 is 0. The fourth-order valence-corrected chi connectivity index (χ4v) is 2.60. The van der Waals surface area contributed by atoms with E-state index in [1.165, 1.54) is 0 Å². The van der Waals surface area contributed by atoms with Gasteiger partial charge in [-0.05, 0) is 37.0 Å². The van der Waals surface area contributed by atoms with Gasteiger partial charge in [-0.15, -0.1) is 0 Å². The lowest BCUT2D eigenvalue weighted by atomic mass is 10.1. The largest absolute Gasteiger partial charge is 0.481 e. The predicted molar refractivity (Wildman–Crippen MR) is 90.2 cm³/mol. The molecule has 126 valence electrons. The van der Waals surface area contributed by atoms with Crippen molar-refractivity contribution in [1.29, 1.82) is 0 Å². The molecule has 2 aromatic rings. The second-order valence-electron chi connectivity index (χ2n) is 6.05. The van der Waals surface area contributed by atoms with Crippen LogP contribution in [0.5, 0.6) is 0 Å². The normalized spacial score (nSPS) is 13.5. The number of rotatable bonds is 6. The first-order valence-corrected chi connectivity index (χ1v) is 7.93. The lowest BCUT2D eigenvalue weighted by Crippen LogP contribution is -2.20. The number of anilines is 2. The first-order valence-electron chi connectivity index (χ1n) is 7.93. The molecule has 24 heavy (non-hydrogen) atoms. The van der Waals surface area contributed by atoms with Gasteiger partial charge in [-0.3, -0.25) is 9.48 Å². The van der Waals surface area contributed by atoms with E-state index in [0.717, 1.165) is 29.8 Å². The Balaban J connectivity index is 1.62. The van der Waals surface area contributed by atoms with Crippen LogP contribution in [0, 0.1) is 0 Å². The number of nitrogens with one attached hydrogen (secondary N) is 2. The molecule has 1 aromatic carbocycles. The average Bonchev–Trinajstić information content (AvgIpc) is 3.30. The third kappa shape index (κ3) is 4.13. The highest BCUT2D eigenvalue weighted by atomic mass is 16.4. The van der Waals surface area contributed by atoms with Crippen LogP contribution in [0.25, 0.3) is 0 Å². The fraction of sp³-hybridized carbons (Fsp3) is 0.353. The number of aromatic nitrogens is 2. The summed E-state index contributed by atoms with van der Waals surface area (Å²) in [6.45, 7) is 0. The summed E-state index contributed by atoms with van der Waals surface area (Å²) in [6.07, 6.45) is 4.52.